The van der Waals surface area contributed by atoms with Crippen molar-refractivity contribution in [2.24, 2.45) is 5.92 Å². The third-order valence-corrected chi connectivity index (χ3v) is 7.88. The maximum absolute atomic E-state index is 13.1. The van der Waals surface area contributed by atoms with Gasteiger partial charge in [0.1, 0.15) is 5.69 Å². The summed E-state index contributed by atoms with van der Waals surface area (Å²) in [5.41, 5.74) is 0.364. The molecule has 0 aromatic heterocycles. The summed E-state index contributed by atoms with van der Waals surface area (Å²) < 4.78 is 33.2. The van der Waals surface area contributed by atoms with Gasteiger partial charge < -0.3 is 9.64 Å². The zero-order valence-electron chi connectivity index (χ0n) is 16.0. The molecular weight excluding hydrogens is 382 g/mol. The third-order valence-electron chi connectivity index (χ3n) is 5.99. The van der Waals surface area contributed by atoms with Gasteiger partial charge in [0.2, 0.25) is 10.0 Å². The van der Waals surface area contributed by atoms with E-state index in [0.717, 1.165) is 38.5 Å². The quantitative estimate of drug-likeness (QED) is 0.548. The monoisotopic (exact) mass is 409 g/mol. The number of rotatable bonds is 5. The van der Waals surface area contributed by atoms with Crippen LogP contribution in [0.25, 0.3) is 0 Å². The summed E-state index contributed by atoms with van der Waals surface area (Å²) >= 11 is 0. The molecule has 3 fully saturated rings. The van der Waals surface area contributed by atoms with E-state index >= 15 is 0 Å². The molecule has 2 saturated heterocycles. The molecule has 0 radical (unpaired) electrons. The molecule has 3 aliphatic rings. The van der Waals surface area contributed by atoms with Crippen LogP contribution in [0, 0.1) is 16.0 Å². The van der Waals surface area contributed by atoms with Gasteiger partial charge in [-0.25, -0.2) is 8.42 Å². The maximum atomic E-state index is 13.1. The van der Waals surface area contributed by atoms with E-state index in [-0.39, 0.29) is 16.6 Å². The first-order chi connectivity index (χ1) is 13.5. The molecule has 0 N–H and O–H groups in total. The first-order valence-corrected chi connectivity index (χ1v) is 11.6. The molecule has 0 spiro atoms. The molecule has 0 bridgehead atoms. The van der Waals surface area contributed by atoms with Gasteiger partial charge in [-0.15, -0.1) is 0 Å². The van der Waals surface area contributed by atoms with Crippen LogP contribution in [0.1, 0.15) is 38.5 Å². The van der Waals surface area contributed by atoms with Crippen molar-refractivity contribution in [3.8, 4) is 0 Å². The Hall–Kier alpha value is -1.71. The van der Waals surface area contributed by atoms with Gasteiger partial charge >= 0.3 is 0 Å². The molecule has 8 nitrogen and oxygen atoms in total. The van der Waals surface area contributed by atoms with E-state index < -0.39 is 14.9 Å². The fourth-order valence-corrected chi connectivity index (χ4v) is 5.81. The zero-order chi connectivity index (χ0) is 19.7. The molecule has 2 heterocycles. The van der Waals surface area contributed by atoms with E-state index in [2.05, 4.69) is 0 Å². The highest BCUT2D eigenvalue weighted by molar-refractivity contribution is 7.89. The van der Waals surface area contributed by atoms with Crippen LogP contribution >= 0.6 is 0 Å². The molecule has 154 valence electrons. The minimum absolute atomic E-state index is 0.0149. The minimum atomic E-state index is -3.72. The molecule has 1 saturated carbocycles. The number of nitro benzene ring substituents is 1. The van der Waals surface area contributed by atoms with Crippen molar-refractivity contribution >= 4 is 21.4 Å². The van der Waals surface area contributed by atoms with E-state index in [1.807, 2.05) is 4.90 Å². The molecule has 1 aromatic rings. The maximum Gasteiger partial charge on any atom is 0.293 e. The van der Waals surface area contributed by atoms with Gasteiger partial charge in [-0.05, 0) is 43.7 Å². The predicted octanol–water partition coefficient (Wildman–Crippen LogP) is 2.77. The van der Waals surface area contributed by atoms with E-state index in [1.165, 1.54) is 16.4 Å². The Morgan fingerprint density at radius 2 is 1.79 bits per heavy atom. The van der Waals surface area contributed by atoms with E-state index in [9.17, 15) is 18.5 Å². The van der Waals surface area contributed by atoms with Crippen LogP contribution in [0.5, 0.6) is 0 Å². The molecule has 28 heavy (non-hydrogen) atoms. The summed E-state index contributed by atoms with van der Waals surface area (Å²) in [5, 5.41) is 11.8. The topological polar surface area (TPSA) is 93.0 Å². The number of nitrogens with zero attached hydrogens (tertiary/aromatic N) is 3. The summed E-state index contributed by atoms with van der Waals surface area (Å²) in [6, 6.07) is 4.51. The van der Waals surface area contributed by atoms with Gasteiger partial charge in [-0.3, -0.25) is 10.1 Å². The molecule has 1 atom stereocenters. The molecular formula is C19H27N3O5S. The highest BCUT2D eigenvalue weighted by Crippen LogP contribution is 2.41. The Kier molecular flexibility index (Phi) is 5.57. The van der Waals surface area contributed by atoms with Gasteiger partial charge in [-0.2, -0.15) is 4.31 Å². The SMILES string of the molecule is O=[N+]([O-])c1cc(S(=O)(=O)N2CCCCCC2)ccc1N1CCOC[C@H]1C1CC1. The lowest BCUT2D eigenvalue weighted by Gasteiger charge is -2.37. The van der Waals surface area contributed by atoms with Crippen LogP contribution in [0.2, 0.25) is 0 Å². The van der Waals surface area contributed by atoms with Crippen molar-refractivity contribution < 1.29 is 18.1 Å². The van der Waals surface area contributed by atoms with E-state index in [4.69, 9.17) is 4.74 Å². The highest BCUT2D eigenvalue weighted by atomic mass is 32.2. The largest absolute Gasteiger partial charge is 0.377 e. The number of ether oxygens (including phenoxy) is 1. The molecule has 1 aliphatic carbocycles. The van der Waals surface area contributed by atoms with Crippen LogP contribution < -0.4 is 4.90 Å². The molecule has 4 rings (SSSR count). The van der Waals surface area contributed by atoms with Crippen LogP contribution in [-0.2, 0) is 14.8 Å². The van der Waals surface area contributed by atoms with Gasteiger partial charge in [-0.1, -0.05) is 12.8 Å². The summed E-state index contributed by atoms with van der Waals surface area (Å²) in [4.78, 5) is 13.4. The van der Waals surface area contributed by atoms with Crippen LogP contribution in [0.15, 0.2) is 23.1 Å². The molecule has 0 amide bonds. The van der Waals surface area contributed by atoms with E-state index in [0.29, 0.717) is 44.5 Å². The molecule has 2 aliphatic heterocycles. The second-order valence-corrected chi connectivity index (χ2v) is 9.84. The molecule has 9 heteroatoms. The number of hydrogen-bond acceptors (Lipinski definition) is 6. The third kappa shape index (κ3) is 3.88. The van der Waals surface area contributed by atoms with Crippen LogP contribution in [-0.4, -0.2) is 56.5 Å². The lowest BCUT2D eigenvalue weighted by molar-refractivity contribution is -0.384. The normalized spacial score (nSPS) is 24.7. The average Bonchev–Trinajstić information content (AvgIpc) is 3.54. The van der Waals surface area contributed by atoms with Crippen molar-refractivity contribution in [3.63, 3.8) is 0 Å². The zero-order valence-corrected chi connectivity index (χ0v) is 16.8. The number of anilines is 1. The van der Waals surface area contributed by atoms with Gasteiger partial charge in [0, 0.05) is 25.7 Å². The summed E-state index contributed by atoms with van der Waals surface area (Å²) in [6.45, 7) is 2.63. The highest BCUT2D eigenvalue weighted by Gasteiger charge is 2.39. The fourth-order valence-electron chi connectivity index (χ4n) is 4.28. The van der Waals surface area contributed by atoms with E-state index in [1.54, 1.807) is 6.07 Å². The minimum Gasteiger partial charge on any atom is -0.377 e. The van der Waals surface area contributed by atoms with Crippen LogP contribution in [0.3, 0.4) is 0 Å². The first kappa shape index (κ1) is 19.6. The van der Waals surface area contributed by atoms with Crippen molar-refractivity contribution in [2.75, 3.05) is 37.7 Å². The second kappa shape index (κ2) is 7.96. The van der Waals surface area contributed by atoms with Gasteiger partial charge in [0.25, 0.3) is 5.69 Å². The Morgan fingerprint density at radius 3 is 2.43 bits per heavy atom. The Bertz CT molecular complexity index is 832. The van der Waals surface area contributed by atoms with Crippen molar-refractivity contribution in [2.45, 2.75) is 49.5 Å². The van der Waals surface area contributed by atoms with Gasteiger partial charge in [0.15, 0.2) is 0 Å². The number of hydrogen-bond donors (Lipinski definition) is 0. The van der Waals surface area contributed by atoms with Crippen LogP contribution in [0.4, 0.5) is 11.4 Å². The first-order valence-electron chi connectivity index (χ1n) is 10.1. The molecule has 1 aromatic carbocycles. The average molecular weight is 410 g/mol. The van der Waals surface area contributed by atoms with Crippen molar-refractivity contribution in [3.05, 3.63) is 28.3 Å². The Labute approximate surface area is 165 Å². The Morgan fingerprint density at radius 1 is 1.07 bits per heavy atom. The lowest BCUT2D eigenvalue weighted by Crippen LogP contribution is -2.47. The predicted molar refractivity (Wildman–Crippen MR) is 105 cm³/mol. The standard InChI is InChI=1S/C19H27N3O5S/c23-22(24)18-13-16(28(25,26)20-9-3-1-2-4-10-20)7-8-17(18)21-11-12-27-14-19(21)15-5-6-15/h7-8,13,15,19H,1-6,9-12,14H2/t19-/m0/s1. The fraction of sp³-hybridized carbons (Fsp3) is 0.684. The smallest absolute Gasteiger partial charge is 0.293 e. The lowest BCUT2D eigenvalue weighted by atomic mass is 10.1. The molecule has 0 unspecified atom stereocenters. The van der Waals surface area contributed by atoms with Crippen molar-refractivity contribution in [1.29, 1.82) is 0 Å². The number of benzene rings is 1. The second-order valence-electron chi connectivity index (χ2n) is 7.90. The summed E-state index contributed by atoms with van der Waals surface area (Å²) in [6.07, 6.45) is 5.92. The number of morpholine rings is 1. The Balaban J connectivity index is 1.67. The number of nitro groups is 1. The summed E-state index contributed by atoms with van der Waals surface area (Å²) in [7, 11) is -3.72. The van der Waals surface area contributed by atoms with Gasteiger partial charge in [0.05, 0.1) is 29.1 Å². The number of sulfonamides is 1. The summed E-state index contributed by atoms with van der Waals surface area (Å²) in [5.74, 6) is 0.500. The van der Waals surface area contributed by atoms with Crippen molar-refractivity contribution in [1.82, 2.24) is 4.31 Å².